The maximum absolute atomic E-state index is 12.4. The number of rotatable bonds is 3. The van der Waals surface area contributed by atoms with Gasteiger partial charge < -0.3 is 10.4 Å². The van der Waals surface area contributed by atoms with Crippen molar-refractivity contribution in [1.29, 1.82) is 0 Å². The standard InChI is InChI=1S/C11H11Cl2NO4S/c12-7-2-1-3-9(10(7)13)19(17,18)6-4-8(11(15)16)14-5-6/h1-3,6,8,14H,4-5H2,(H,15,16)/t6-,8+/m1/s1. The Morgan fingerprint density at radius 1 is 1.37 bits per heavy atom. The van der Waals surface area contributed by atoms with E-state index in [4.69, 9.17) is 28.3 Å². The van der Waals surface area contributed by atoms with Crippen molar-refractivity contribution in [2.75, 3.05) is 6.54 Å². The molecule has 0 aromatic heterocycles. The molecule has 1 heterocycles. The fourth-order valence-corrected chi connectivity index (χ4v) is 4.44. The first-order chi connectivity index (χ1) is 8.84. The molecule has 1 saturated heterocycles. The Hall–Kier alpha value is -0.820. The van der Waals surface area contributed by atoms with Gasteiger partial charge in [-0.25, -0.2) is 8.42 Å². The second-order valence-electron chi connectivity index (χ2n) is 4.25. The molecule has 2 rings (SSSR count). The Morgan fingerprint density at radius 3 is 2.63 bits per heavy atom. The first-order valence-electron chi connectivity index (χ1n) is 5.48. The summed E-state index contributed by atoms with van der Waals surface area (Å²) in [4.78, 5) is 10.8. The molecule has 104 valence electrons. The minimum atomic E-state index is -3.70. The summed E-state index contributed by atoms with van der Waals surface area (Å²) >= 11 is 11.7. The summed E-state index contributed by atoms with van der Waals surface area (Å²) in [6.45, 7) is 0.0855. The first-order valence-corrected chi connectivity index (χ1v) is 7.78. The van der Waals surface area contributed by atoms with Crippen molar-refractivity contribution in [3.05, 3.63) is 28.2 Å². The molecule has 2 N–H and O–H groups in total. The largest absolute Gasteiger partial charge is 0.480 e. The molecular formula is C11H11Cl2NO4S. The molecule has 0 unspecified atom stereocenters. The number of carbonyl (C=O) groups is 1. The average molecular weight is 324 g/mol. The predicted octanol–water partition coefficient (Wildman–Crippen LogP) is 1.58. The molecule has 0 amide bonds. The molecule has 5 nitrogen and oxygen atoms in total. The fraction of sp³-hybridized carbons (Fsp3) is 0.364. The fourth-order valence-electron chi connectivity index (χ4n) is 2.01. The van der Waals surface area contributed by atoms with Crippen LogP contribution in [0.1, 0.15) is 6.42 Å². The molecule has 1 aromatic rings. The lowest BCUT2D eigenvalue weighted by molar-refractivity contribution is -0.139. The molecule has 1 aromatic carbocycles. The van der Waals surface area contributed by atoms with Gasteiger partial charge in [0.05, 0.1) is 20.2 Å². The van der Waals surface area contributed by atoms with Gasteiger partial charge in [0, 0.05) is 6.54 Å². The van der Waals surface area contributed by atoms with E-state index in [1.807, 2.05) is 0 Å². The molecule has 0 bridgehead atoms. The van der Waals surface area contributed by atoms with E-state index in [-0.39, 0.29) is 27.9 Å². The zero-order valence-corrected chi connectivity index (χ0v) is 12.0. The van der Waals surface area contributed by atoms with Gasteiger partial charge in [-0.3, -0.25) is 4.79 Å². The third kappa shape index (κ3) is 2.72. The summed E-state index contributed by atoms with van der Waals surface area (Å²) in [6, 6.07) is 3.52. The summed E-state index contributed by atoms with van der Waals surface area (Å²) in [7, 11) is -3.70. The number of hydrogen-bond acceptors (Lipinski definition) is 4. The van der Waals surface area contributed by atoms with E-state index < -0.39 is 27.1 Å². The molecule has 2 atom stereocenters. The molecule has 8 heteroatoms. The van der Waals surface area contributed by atoms with Gasteiger partial charge in [-0.1, -0.05) is 29.3 Å². The average Bonchev–Trinajstić information content (AvgIpc) is 2.82. The van der Waals surface area contributed by atoms with Crippen LogP contribution in [0, 0.1) is 0 Å². The highest BCUT2D eigenvalue weighted by atomic mass is 35.5. The Morgan fingerprint density at radius 2 is 2.05 bits per heavy atom. The summed E-state index contributed by atoms with van der Waals surface area (Å²) in [6.07, 6.45) is 0.0144. The van der Waals surface area contributed by atoms with Crippen LogP contribution in [0.15, 0.2) is 23.1 Å². The molecule has 0 aliphatic carbocycles. The summed E-state index contributed by atoms with van der Waals surface area (Å²) in [5.74, 6) is -1.06. The van der Waals surface area contributed by atoms with Crippen LogP contribution in [-0.2, 0) is 14.6 Å². The van der Waals surface area contributed by atoms with Crippen LogP contribution >= 0.6 is 23.2 Å². The van der Waals surface area contributed by atoms with E-state index in [1.165, 1.54) is 18.2 Å². The smallest absolute Gasteiger partial charge is 0.320 e. The second-order valence-corrected chi connectivity index (χ2v) is 7.24. The maximum atomic E-state index is 12.4. The number of carboxylic acids is 1. The summed E-state index contributed by atoms with van der Waals surface area (Å²) in [5.41, 5.74) is 0. The predicted molar refractivity (Wildman–Crippen MR) is 71.5 cm³/mol. The number of sulfone groups is 1. The second kappa shape index (κ2) is 5.28. The number of hydrogen-bond donors (Lipinski definition) is 2. The number of aliphatic carboxylic acids is 1. The van der Waals surface area contributed by atoms with Crippen LogP contribution in [0.3, 0.4) is 0 Å². The number of carboxylic acid groups (broad SMARTS) is 1. The molecule has 1 aliphatic heterocycles. The Bertz CT molecular complexity index is 617. The molecule has 19 heavy (non-hydrogen) atoms. The van der Waals surface area contributed by atoms with Crippen LogP contribution in [0.5, 0.6) is 0 Å². The summed E-state index contributed by atoms with van der Waals surface area (Å²) in [5, 5.41) is 10.8. The van der Waals surface area contributed by atoms with Gasteiger partial charge in [-0.05, 0) is 18.6 Å². The van der Waals surface area contributed by atoms with Crippen molar-refractivity contribution >= 4 is 39.0 Å². The molecule has 1 fully saturated rings. The quantitative estimate of drug-likeness (QED) is 0.882. The highest BCUT2D eigenvalue weighted by Gasteiger charge is 2.38. The highest BCUT2D eigenvalue weighted by Crippen LogP contribution is 2.33. The van der Waals surface area contributed by atoms with Crippen molar-refractivity contribution in [2.45, 2.75) is 22.6 Å². The van der Waals surface area contributed by atoms with Crippen molar-refractivity contribution < 1.29 is 18.3 Å². The molecule has 0 radical (unpaired) electrons. The highest BCUT2D eigenvalue weighted by molar-refractivity contribution is 7.92. The zero-order chi connectivity index (χ0) is 14.2. The lowest BCUT2D eigenvalue weighted by Gasteiger charge is -2.12. The normalized spacial score (nSPS) is 23.5. The van der Waals surface area contributed by atoms with Gasteiger partial charge in [0.15, 0.2) is 9.84 Å². The monoisotopic (exact) mass is 323 g/mol. The minimum absolute atomic E-state index is 0.0144. The molecular weight excluding hydrogens is 313 g/mol. The summed E-state index contributed by atoms with van der Waals surface area (Å²) < 4.78 is 24.8. The van der Waals surface area contributed by atoms with Gasteiger partial charge >= 0.3 is 5.97 Å². The van der Waals surface area contributed by atoms with Crippen molar-refractivity contribution in [3.8, 4) is 0 Å². The van der Waals surface area contributed by atoms with Crippen molar-refractivity contribution in [1.82, 2.24) is 5.32 Å². The van der Waals surface area contributed by atoms with Crippen molar-refractivity contribution in [3.63, 3.8) is 0 Å². The van der Waals surface area contributed by atoms with Gasteiger partial charge in [-0.2, -0.15) is 0 Å². The van der Waals surface area contributed by atoms with Gasteiger partial charge in [0.1, 0.15) is 6.04 Å². The third-order valence-corrected chi connectivity index (χ3v) is 6.17. The van der Waals surface area contributed by atoms with Crippen LogP contribution < -0.4 is 5.32 Å². The van der Waals surface area contributed by atoms with E-state index in [0.29, 0.717) is 0 Å². The van der Waals surface area contributed by atoms with E-state index >= 15 is 0 Å². The number of nitrogens with one attached hydrogen (secondary N) is 1. The van der Waals surface area contributed by atoms with E-state index in [1.54, 1.807) is 0 Å². The Labute approximate surface area is 120 Å². The Kier molecular flexibility index (Phi) is 4.06. The third-order valence-electron chi connectivity index (χ3n) is 3.05. The van der Waals surface area contributed by atoms with Crippen LogP contribution in [0.2, 0.25) is 10.0 Å². The first kappa shape index (κ1) is 14.6. The molecule has 1 aliphatic rings. The van der Waals surface area contributed by atoms with E-state index in [9.17, 15) is 13.2 Å². The Balaban J connectivity index is 2.34. The van der Waals surface area contributed by atoms with Crippen molar-refractivity contribution in [2.24, 2.45) is 0 Å². The van der Waals surface area contributed by atoms with Gasteiger partial charge in [0.2, 0.25) is 0 Å². The van der Waals surface area contributed by atoms with Gasteiger partial charge in [-0.15, -0.1) is 0 Å². The van der Waals surface area contributed by atoms with Crippen LogP contribution in [0.25, 0.3) is 0 Å². The van der Waals surface area contributed by atoms with Crippen LogP contribution in [0.4, 0.5) is 0 Å². The van der Waals surface area contributed by atoms with E-state index in [2.05, 4.69) is 5.32 Å². The number of halogens is 2. The lowest BCUT2D eigenvalue weighted by Crippen LogP contribution is -2.30. The SMILES string of the molecule is O=C(O)[C@@H]1C[C@@H](S(=O)(=O)c2cccc(Cl)c2Cl)CN1. The lowest BCUT2D eigenvalue weighted by atomic mass is 10.2. The zero-order valence-electron chi connectivity index (χ0n) is 9.64. The molecule has 0 spiro atoms. The number of benzene rings is 1. The minimum Gasteiger partial charge on any atom is -0.480 e. The molecule has 0 saturated carbocycles. The van der Waals surface area contributed by atoms with Gasteiger partial charge in [0.25, 0.3) is 0 Å². The van der Waals surface area contributed by atoms with E-state index in [0.717, 1.165) is 0 Å². The topological polar surface area (TPSA) is 83.5 Å². The maximum Gasteiger partial charge on any atom is 0.320 e. The van der Waals surface area contributed by atoms with Crippen LogP contribution in [-0.4, -0.2) is 37.3 Å².